The van der Waals surface area contributed by atoms with E-state index in [9.17, 15) is 0 Å². The topological polar surface area (TPSA) is 43.9 Å². The lowest BCUT2D eigenvalue weighted by Gasteiger charge is -2.06. The number of fused-ring (bicyclic) bond motifs is 1. The molecule has 2 heterocycles. The molecular formula is C14H13BrClN3O. The van der Waals surface area contributed by atoms with E-state index in [1.807, 2.05) is 25.1 Å². The van der Waals surface area contributed by atoms with Crippen LogP contribution in [0.3, 0.4) is 0 Å². The molecule has 0 aliphatic rings. The van der Waals surface area contributed by atoms with Crippen molar-refractivity contribution in [3.63, 3.8) is 0 Å². The van der Waals surface area contributed by atoms with Crippen molar-refractivity contribution in [1.29, 1.82) is 0 Å². The first-order valence-corrected chi connectivity index (χ1v) is 7.63. The van der Waals surface area contributed by atoms with E-state index in [1.165, 1.54) is 0 Å². The molecule has 20 heavy (non-hydrogen) atoms. The van der Waals surface area contributed by atoms with E-state index in [4.69, 9.17) is 16.1 Å². The lowest BCUT2D eigenvalue weighted by Crippen LogP contribution is -2.06. The average Bonchev–Trinajstić information content (AvgIpc) is 2.96. The minimum Gasteiger partial charge on any atom is -0.361 e. The van der Waals surface area contributed by atoms with Gasteiger partial charge in [0.05, 0.1) is 17.6 Å². The highest BCUT2D eigenvalue weighted by atomic mass is 79.9. The molecule has 0 aliphatic carbocycles. The van der Waals surface area contributed by atoms with E-state index in [1.54, 1.807) is 0 Å². The second kappa shape index (κ2) is 5.58. The minimum atomic E-state index is 0.544. The zero-order chi connectivity index (χ0) is 14.1. The van der Waals surface area contributed by atoms with Gasteiger partial charge in [-0.25, -0.2) is 4.98 Å². The molecule has 104 valence electrons. The highest BCUT2D eigenvalue weighted by Crippen LogP contribution is 2.22. The second-order valence-corrected chi connectivity index (χ2v) is 5.91. The number of halogens is 2. The van der Waals surface area contributed by atoms with Gasteiger partial charge in [-0.2, -0.15) is 0 Å². The smallest absolute Gasteiger partial charge is 0.133 e. The third-order valence-corrected chi connectivity index (χ3v) is 3.79. The molecular weight excluding hydrogens is 342 g/mol. The molecule has 0 aliphatic heterocycles. The molecule has 0 unspecified atom stereocenters. The van der Waals surface area contributed by atoms with Gasteiger partial charge >= 0.3 is 0 Å². The Morgan fingerprint density at radius 3 is 2.90 bits per heavy atom. The van der Waals surface area contributed by atoms with Crippen LogP contribution in [0.4, 0.5) is 0 Å². The number of alkyl halides is 1. The summed E-state index contributed by atoms with van der Waals surface area (Å²) in [6.07, 6.45) is 0.727. The first-order chi connectivity index (χ1) is 9.67. The normalized spacial score (nSPS) is 11.3. The van der Waals surface area contributed by atoms with Crippen molar-refractivity contribution in [2.24, 2.45) is 0 Å². The van der Waals surface area contributed by atoms with E-state index in [0.717, 1.165) is 39.2 Å². The van der Waals surface area contributed by atoms with Gasteiger partial charge < -0.3 is 9.09 Å². The fraction of sp³-hybridized carbons (Fsp3) is 0.286. The van der Waals surface area contributed by atoms with E-state index in [-0.39, 0.29) is 0 Å². The lowest BCUT2D eigenvalue weighted by molar-refractivity contribution is 0.389. The Kier molecular flexibility index (Phi) is 3.81. The van der Waals surface area contributed by atoms with Crippen LogP contribution in [-0.2, 0) is 13.0 Å². The number of hydrogen-bond acceptors (Lipinski definition) is 3. The first kappa shape index (κ1) is 13.6. The van der Waals surface area contributed by atoms with Crippen molar-refractivity contribution < 1.29 is 4.52 Å². The minimum absolute atomic E-state index is 0.544. The molecule has 0 bridgehead atoms. The summed E-state index contributed by atoms with van der Waals surface area (Å²) in [5.74, 6) is 2.32. The van der Waals surface area contributed by atoms with Crippen LogP contribution in [-0.4, -0.2) is 20.6 Å². The standard InChI is InChI=1S/C14H13BrClN3O/c1-9-6-11(18-20-9)8-19-13-7-10(15)2-3-12(13)17-14(19)4-5-16/h2-3,6-7H,4-5,8H2,1H3. The summed E-state index contributed by atoms with van der Waals surface area (Å²) < 4.78 is 8.30. The van der Waals surface area contributed by atoms with E-state index in [0.29, 0.717) is 12.4 Å². The molecule has 0 fully saturated rings. The Balaban J connectivity index is 2.09. The lowest BCUT2D eigenvalue weighted by atomic mass is 10.3. The summed E-state index contributed by atoms with van der Waals surface area (Å²) in [6, 6.07) is 7.99. The van der Waals surface area contributed by atoms with Gasteiger partial charge in [0.1, 0.15) is 17.3 Å². The molecule has 1 aromatic carbocycles. The summed E-state index contributed by atoms with van der Waals surface area (Å²) in [5.41, 5.74) is 2.92. The maximum Gasteiger partial charge on any atom is 0.133 e. The third-order valence-electron chi connectivity index (χ3n) is 3.10. The largest absolute Gasteiger partial charge is 0.361 e. The molecule has 0 saturated heterocycles. The second-order valence-electron chi connectivity index (χ2n) is 4.62. The molecule has 0 spiro atoms. The maximum atomic E-state index is 5.88. The number of hydrogen-bond donors (Lipinski definition) is 0. The van der Waals surface area contributed by atoms with E-state index in [2.05, 4.69) is 36.7 Å². The number of nitrogens with zero attached hydrogens (tertiary/aromatic N) is 3. The van der Waals surface area contributed by atoms with Gasteiger partial charge in [-0.15, -0.1) is 11.6 Å². The fourth-order valence-electron chi connectivity index (χ4n) is 2.25. The van der Waals surface area contributed by atoms with Gasteiger partial charge in [-0.05, 0) is 25.1 Å². The summed E-state index contributed by atoms with van der Waals surface area (Å²) in [7, 11) is 0. The molecule has 6 heteroatoms. The Morgan fingerprint density at radius 2 is 2.20 bits per heavy atom. The van der Waals surface area contributed by atoms with Crippen LogP contribution in [0.2, 0.25) is 0 Å². The highest BCUT2D eigenvalue weighted by Gasteiger charge is 2.12. The number of aryl methyl sites for hydroxylation is 2. The Hall–Kier alpha value is -1.33. The zero-order valence-electron chi connectivity index (χ0n) is 10.9. The quantitative estimate of drug-likeness (QED) is 0.667. The van der Waals surface area contributed by atoms with Gasteiger partial charge in [0, 0.05) is 22.8 Å². The van der Waals surface area contributed by atoms with Crippen LogP contribution in [0.1, 0.15) is 17.3 Å². The zero-order valence-corrected chi connectivity index (χ0v) is 13.3. The highest BCUT2D eigenvalue weighted by molar-refractivity contribution is 9.10. The number of rotatable bonds is 4. The summed E-state index contributed by atoms with van der Waals surface area (Å²) in [5, 5.41) is 4.05. The monoisotopic (exact) mass is 353 g/mol. The predicted octanol–water partition coefficient (Wildman–Crippen LogP) is 3.92. The van der Waals surface area contributed by atoms with E-state index < -0.39 is 0 Å². The predicted molar refractivity (Wildman–Crippen MR) is 82.2 cm³/mol. The SMILES string of the molecule is Cc1cc(Cn2c(CCCl)nc3ccc(Br)cc32)no1. The summed E-state index contributed by atoms with van der Waals surface area (Å²) in [6.45, 7) is 2.52. The first-order valence-electron chi connectivity index (χ1n) is 6.30. The van der Waals surface area contributed by atoms with Crippen molar-refractivity contribution in [3.8, 4) is 0 Å². The third kappa shape index (κ3) is 2.60. The average molecular weight is 355 g/mol. The van der Waals surface area contributed by atoms with Crippen molar-refractivity contribution in [1.82, 2.24) is 14.7 Å². The Morgan fingerprint density at radius 1 is 1.35 bits per heavy atom. The van der Waals surface area contributed by atoms with Crippen LogP contribution in [0.15, 0.2) is 33.3 Å². The number of imidazole rings is 1. The van der Waals surface area contributed by atoms with Crippen molar-refractivity contribution in [2.75, 3.05) is 5.88 Å². The van der Waals surface area contributed by atoms with Crippen LogP contribution < -0.4 is 0 Å². The van der Waals surface area contributed by atoms with Crippen LogP contribution in [0, 0.1) is 6.92 Å². The van der Waals surface area contributed by atoms with Crippen LogP contribution in [0.5, 0.6) is 0 Å². The molecule has 3 rings (SSSR count). The molecule has 3 aromatic rings. The van der Waals surface area contributed by atoms with Crippen LogP contribution >= 0.6 is 27.5 Å². The van der Waals surface area contributed by atoms with Gasteiger partial charge in [0.25, 0.3) is 0 Å². The van der Waals surface area contributed by atoms with E-state index >= 15 is 0 Å². The van der Waals surface area contributed by atoms with Gasteiger partial charge in [0.2, 0.25) is 0 Å². The van der Waals surface area contributed by atoms with Gasteiger partial charge in [-0.3, -0.25) is 0 Å². The molecule has 0 saturated carbocycles. The van der Waals surface area contributed by atoms with Crippen LogP contribution in [0.25, 0.3) is 11.0 Å². The summed E-state index contributed by atoms with van der Waals surface area (Å²) >= 11 is 9.38. The summed E-state index contributed by atoms with van der Waals surface area (Å²) in [4.78, 5) is 4.65. The Labute approximate surface area is 129 Å². The van der Waals surface area contributed by atoms with Crippen molar-refractivity contribution in [3.05, 3.63) is 46.0 Å². The molecule has 0 atom stereocenters. The van der Waals surface area contributed by atoms with Crippen molar-refractivity contribution >= 4 is 38.6 Å². The fourth-order valence-corrected chi connectivity index (χ4v) is 2.77. The molecule has 2 aromatic heterocycles. The Bertz CT molecular complexity index is 750. The molecule has 0 N–H and O–H groups in total. The van der Waals surface area contributed by atoms with Crippen molar-refractivity contribution in [2.45, 2.75) is 19.9 Å². The van der Waals surface area contributed by atoms with Gasteiger partial charge in [0.15, 0.2) is 0 Å². The molecule has 4 nitrogen and oxygen atoms in total. The maximum absolute atomic E-state index is 5.88. The number of benzene rings is 1. The molecule has 0 amide bonds. The molecule has 0 radical (unpaired) electrons. The number of aromatic nitrogens is 3. The van der Waals surface area contributed by atoms with Gasteiger partial charge in [-0.1, -0.05) is 21.1 Å².